The third-order valence-corrected chi connectivity index (χ3v) is 3.51. The lowest BCUT2D eigenvalue weighted by molar-refractivity contribution is 0.0587. The first-order valence-electron chi connectivity index (χ1n) is 6.88. The summed E-state index contributed by atoms with van der Waals surface area (Å²) < 4.78 is 15.6. The van der Waals surface area contributed by atoms with Crippen LogP contribution in [0.5, 0.6) is 11.5 Å². The molecule has 0 saturated heterocycles. The van der Waals surface area contributed by atoms with E-state index in [9.17, 15) is 14.7 Å². The van der Waals surface area contributed by atoms with Crippen LogP contribution in [-0.4, -0.2) is 42.9 Å². The van der Waals surface area contributed by atoms with Crippen LogP contribution in [0.2, 0.25) is 0 Å². The van der Waals surface area contributed by atoms with Gasteiger partial charge in [-0.05, 0) is 6.07 Å². The molecule has 1 aromatic heterocycles. The van der Waals surface area contributed by atoms with E-state index < -0.39 is 17.7 Å². The van der Waals surface area contributed by atoms with Crippen LogP contribution in [0.15, 0.2) is 18.3 Å². The summed E-state index contributed by atoms with van der Waals surface area (Å²) in [5.41, 5.74) is 5.36. The predicted octanol–water partition coefficient (Wildman–Crippen LogP) is 1.22. The molecule has 0 fully saturated rings. The van der Waals surface area contributed by atoms with Gasteiger partial charge in [0.15, 0.2) is 11.4 Å². The molecule has 0 aliphatic heterocycles. The summed E-state index contributed by atoms with van der Waals surface area (Å²) in [5, 5.41) is 19.6. The summed E-state index contributed by atoms with van der Waals surface area (Å²) in [6, 6.07) is 4.49. The summed E-state index contributed by atoms with van der Waals surface area (Å²) in [7, 11) is 3.67. The SMILES string of the molecule is COC(=O)c1cc(OC)cc(-n2cc(C#N)c(N)c2C(=O)OC)c1O. The standard InChI is InChI=1S/C16H15N3O6/c1-23-9-4-10(15(21)24-2)14(20)11(5-9)19-7-8(6-17)12(18)13(19)16(22)25-3/h4-5,7,20H,18H2,1-3H3. The number of nitriles is 1. The zero-order valence-electron chi connectivity index (χ0n) is 13.7. The largest absolute Gasteiger partial charge is 0.505 e. The number of nitrogens with two attached hydrogens (primary N) is 1. The van der Waals surface area contributed by atoms with Gasteiger partial charge < -0.3 is 29.6 Å². The third-order valence-electron chi connectivity index (χ3n) is 3.51. The Morgan fingerprint density at radius 1 is 1.20 bits per heavy atom. The molecule has 9 nitrogen and oxygen atoms in total. The van der Waals surface area contributed by atoms with E-state index in [-0.39, 0.29) is 33.9 Å². The van der Waals surface area contributed by atoms with E-state index in [4.69, 9.17) is 15.7 Å². The van der Waals surface area contributed by atoms with Crippen LogP contribution in [-0.2, 0) is 9.47 Å². The number of nitrogen functional groups attached to an aromatic ring is 1. The minimum atomic E-state index is -0.819. The van der Waals surface area contributed by atoms with Gasteiger partial charge in [-0.3, -0.25) is 0 Å². The molecule has 0 bridgehead atoms. The number of aromatic nitrogens is 1. The number of rotatable bonds is 4. The highest BCUT2D eigenvalue weighted by Crippen LogP contribution is 2.35. The lowest BCUT2D eigenvalue weighted by atomic mass is 10.1. The summed E-state index contributed by atoms with van der Waals surface area (Å²) in [4.78, 5) is 23.9. The van der Waals surface area contributed by atoms with Crippen LogP contribution < -0.4 is 10.5 Å². The molecule has 0 aliphatic carbocycles. The molecule has 0 unspecified atom stereocenters. The Bertz CT molecular complexity index is 894. The van der Waals surface area contributed by atoms with Crippen molar-refractivity contribution in [3.63, 3.8) is 0 Å². The van der Waals surface area contributed by atoms with Crippen molar-refractivity contribution in [2.75, 3.05) is 27.1 Å². The van der Waals surface area contributed by atoms with E-state index in [0.717, 1.165) is 18.8 Å². The Morgan fingerprint density at radius 2 is 1.84 bits per heavy atom. The second-order valence-electron chi connectivity index (χ2n) is 4.81. The van der Waals surface area contributed by atoms with Gasteiger partial charge in [0.1, 0.15) is 17.4 Å². The van der Waals surface area contributed by atoms with E-state index >= 15 is 0 Å². The molecule has 1 heterocycles. The molecule has 0 radical (unpaired) electrons. The molecule has 0 saturated carbocycles. The molecular formula is C16H15N3O6. The van der Waals surface area contributed by atoms with E-state index in [0.29, 0.717) is 0 Å². The van der Waals surface area contributed by atoms with Crippen LogP contribution in [0.25, 0.3) is 5.69 Å². The van der Waals surface area contributed by atoms with Crippen LogP contribution >= 0.6 is 0 Å². The number of hydrogen-bond acceptors (Lipinski definition) is 8. The average Bonchev–Trinajstić information content (AvgIpc) is 2.96. The Balaban J connectivity index is 2.85. The Kier molecular flexibility index (Phi) is 4.84. The minimum Gasteiger partial charge on any atom is -0.505 e. The second-order valence-corrected chi connectivity index (χ2v) is 4.81. The number of phenolic OH excluding ortho intramolecular Hbond substituents is 1. The zero-order chi connectivity index (χ0) is 18.7. The first-order chi connectivity index (χ1) is 11.9. The molecule has 2 rings (SSSR count). The van der Waals surface area contributed by atoms with Crippen molar-refractivity contribution in [1.82, 2.24) is 4.57 Å². The molecule has 0 amide bonds. The molecule has 0 spiro atoms. The fourth-order valence-corrected chi connectivity index (χ4v) is 2.27. The molecule has 130 valence electrons. The summed E-state index contributed by atoms with van der Waals surface area (Å²) in [6.45, 7) is 0. The Labute approximate surface area is 142 Å². The van der Waals surface area contributed by atoms with Crippen LogP contribution in [0.3, 0.4) is 0 Å². The zero-order valence-corrected chi connectivity index (χ0v) is 13.7. The highest BCUT2D eigenvalue weighted by molar-refractivity contribution is 5.97. The Hall–Kier alpha value is -3.67. The number of carbonyl (C=O) groups excluding carboxylic acids is 2. The van der Waals surface area contributed by atoms with Crippen molar-refractivity contribution in [2.24, 2.45) is 0 Å². The van der Waals surface area contributed by atoms with Crippen molar-refractivity contribution in [3.05, 3.63) is 35.2 Å². The number of carbonyl (C=O) groups is 2. The first kappa shape index (κ1) is 17.7. The average molecular weight is 345 g/mol. The van der Waals surface area contributed by atoms with Crippen molar-refractivity contribution in [1.29, 1.82) is 5.26 Å². The van der Waals surface area contributed by atoms with Crippen molar-refractivity contribution in [2.45, 2.75) is 0 Å². The fraction of sp³-hybridized carbons (Fsp3) is 0.188. The van der Waals surface area contributed by atoms with Gasteiger partial charge >= 0.3 is 11.9 Å². The number of methoxy groups -OCH3 is 3. The summed E-state index contributed by atoms with van der Waals surface area (Å²) in [5.74, 6) is -1.88. The number of benzene rings is 1. The number of aromatic hydroxyl groups is 1. The summed E-state index contributed by atoms with van der Waals surface area (Å²) >= 11 is 0. The maximum absolute atomic E-state index is 12.1. The number of esters is 2. The number of ether oxygens (including phenoxy) is 3. The molecule has 0 aliphatic rings. The highest BCUT2D eigenvalue weighted by atomic mass is 16.5. The van der Waals surface area contributed by atoms with Gasteiger partial charge in [-0.15, -0.1) is 0 Å². The molecule has 3 N–H and O–H groups in total. The second kappa shape index (κ2) is 6.84. The third kappa shape index (κ3) is 2.92. The summed E-state index contributed by atoms with van der Waals surface area (Å²) in [6.07, 6.45) is 1.25. The predicted molar refractivity (Wildman–Crippen MR) is 85.8 cm³/mol. The van der Waals surface area contributed by atoms with Gasteiger partial charge in [-0.1, -0.05) is 0 Å². The van der Waals surface area contributed by atoms with Gasteiger partial charge in [-0.25, -0.2) is 9.59 Å². The van der Waals surface area contributed by atoms with Gasteiger partial charge in [0.2, 0.25) is 0 Å². The minimum absolute atomic E-state index is 0.00207. The topological polar surface area (TPSA) is 137 Å². The van der Waals surface area contributed by atoms with E-state index in [1.165, 1.54) is 25.4 Å². The Morgan fingerprint density at radius 3 is 2.36 bits per heavy atom. The maximum Gasteiger partial charge on any atom is 0.357 e. The number of phenols is 1. The molecule has 25 heavy (non-hydrogen) atoms. The van der Waals surface area contributed by atoms with E-state index in [1.807, 2.05) is 6.07 Å². The van der Waals surface area contributed by atoms with Gasteiger partial charge in [0.25, 0.3) is 0 Å². The maximum atomic E-state index is 12.1. The lowest BCUT2D eigenvalue weighted by Crippen LogP contribution is -2.12. The van der Waals surface area contributed by atoms with E-state index in [2.05, 4.69) is 9.47 Å². The van der Waals surface area contributed by atoms with Gasteiger partial charge in [0, 0.05) is 12.3 Å². The monoisotopic (exact) mass is 345 g/mol. The van der Waals surface area contributed by atoms with Crippen LogP contribution in [0, 0.1) is 11.3 Å². The molecular weight excluding hydrogens is 330 g/mol. The van der Waals surface area contributed by atoms with Crippen molar-refractivity contribution >= 4 is 17.6 Å². The lowest BCUT2D eigenvalue weighted by Gasteiger charge is -2.14. The number of anilines is 1. The number of nitrogens with zero attached hydrogens (tertiary/aromatic N) is 2. The first-order valence-corrected chi connectivity index (χ1v) is 6.88. The number of hydrogen-bond donors (Lipinski definition) is 2. The molecule has 1 aromatic carbocycles. The molecule has 0 atom stereocenters. The fourth-order valence-electron chi connectivity index (χ4n) is 2.27. The molecule has 9 heteroatoms. The van der Waals surface area contributed by atoms with Crippen LogP contribution in [0.1, 0.15) is 26.4 Å². The van der Waals surface area contributed by atoms with Gasteiger partial charge in [-0.2, -0.15) is 5.26 Å². The van der Waals surface area contributed by atoms with Crippen molar-refractivity contribution in [3.8, 4) is 23.3 Å². The highest BCUT2D eigenvalue weighted by Gasteiger charge is 2.26. The van der Waals surface area contributed by atoms with Gasteiger partial charge in [0.05, 0.1) is 38.3 Å². The smallest absolute Gasteiger partial charge is 0.357 e. The normalized spacial score (nSPS) is 10.0. The van der Waals surface area contributed by atoms with Crippen molar-refractivity contribution < 1.29 is 28.9 Å². The van der Waals surface area contributed by atoms with Crippen LogP contribution in [0.4, 0.5) is 5.69 Å². The molecule has 2 aromatic rings. The quantitative estimate of drug-likeness (QED) is 0.789. The van der Waals surface area contributed by atoms with E-state index in [1.54, 1.807) is 0 Å².